The van der Waals surface area contributed by atoms with Crippen LogP contribution in [-0.4, -0.2) is 40.5 Å². The van der Waals surface area contributed by atoms with Crippen LogP contribution in [0.5, 0.6) is 0 Å². The fraction of sp³-hybridized carbons (Fsp3) is 0.562. The number of anilines is 1. The van der Waals surface area contributed by atoms with Gasteiger partial charge in [-0.3, -0.25) is 0 Å². The number of thioether (sulfide) groups is 1. The van der Waals surface area contributed by atoms with Gasteiger partial charge in [-0.25, -0.2) is 4.79 Å². The smallest absolute Gasteiger partial charge is 0.321 e. The van der Waals surface area contributed by atoms with E-state index in [9.17, 15) is 9.90 Å². The van der Waals surface area contributed by atoms with Crippen LogP contribution >= 0.6 is 11.8 Å². The summed E-state index contributed by atoms with van der Waals surface area (Å²) < 4.78 is 0. The first kappa shape index (κ1) is 16.2. The van der Waals surface area contributed by atoms with Crippen molar-refractivity contribution in [3.8, 4) is 0 Å². The second-order valence-electron chi connectivity index (χ2n) is 5.63. The molecule has 1 heterocycles. The van der Waals surface area contributed by atoms with Gasteiger partial charge >= 0.3 is 6.03 Å². The zero-order chi connectivity index (χ0) is 15.4. The third kappa shape index (κ3) is 4.38. The molecule has 2 amide bonds. The SMILES string of the molecule is CCC(C)Sc1ccc(NC(=O)N2CC[C@H](O)C2)c(C)c1. The van der Waals surface area contributed by atoms with E-state index in [-0.39, 0.29) is 12.1 Å². The number of aryl methyl sites for hydroxylation is 1. The van der Waals surface area contributed by atoms with Crippen molar-refractivity contribution < 1.29 is 9.90 Å². The van der Waals surface area contributed by atoms with Gasteiger partial charge in [-0.15, -0.1) is 11.8 Å². The molecule has 1 fully saturated rings. The van der Waals surface area contributed by atoms with Crippen LogP contribution < -0.4 is 5.32 Å². The first-order valence-corrected chi connectivity index (χ1v) is 8.39. The lowest BCUT2D eigenvalue weighted by atomic mass is 10.2. The lowest BCUT2D eigenvalue weighted by molar-refractivity contribution is 0.176. The van der Waals surface area contributed by atoms with Crippen molar-refractivity contribution in [3.63, 3.8) is 0 Å². The van der Waals surface area contributed by atoms with E-state index in [0.717, 1.165) is 17.7 Å². The van der Waals surface area contributed by atoms with Crippen LogP contribution in [0.2, 0.25) is 0 Å². The maximum atomic E-state index is 12.1. The first-order chi connectivity index (χ1) is 9.99. The molecule has 0 saturated carbocycles. The zero-order valence-corrected chi connectivity index (χ0v) is 13.7. The summed E-state index contributed by atoms with van der Waals surface area (Å²) >= 11 is 1.85. The lowest BCUT2D eigenvalue weighted by Crippen LogP contribution is -2.33. The minimum absolute atomic E-state index is 0.128. The molecule has 1 saturated heterocycles. The Balaban J connectivity index is 1.99. The lowest BCUT2D eigenvalue weighted by Gasteiger charge is -2.18. The van der Waals surface area contributed by atoms with Crippen molar-refractivity contribution in [1.29, 1.82) is 0 Å². The third-order valence-corrected chi connectivity index (χ3v) is 5.06. The Morgan fingerprint density at radius 3 is 2.90 bits per heavy atom. The number of rotatable bonds is 4. The molecule has 0 aliphatic carbocycles. The molecule has 2 rings (SSSR count). The number of likely N-dealkylation sites (tertiary alicyclic amines) is 1. The minimum atomic E-state index is -0.383. The van der Waals surface area contributed by atoms with Crippen molar-refractivity contribution in [2.75, 3.05) is 18.4 Å². The van der Waals surface area contributed by atoms with Gasteiger partial charge in [-0.2, -0.15) is 0 Å². The number of carbonyl (C=O) groups excluding carboxylic acids is 1. The van der Waals surface area contributed by atoms with Crippen molar-refractivity contribution >= 4 is 23.5 Å². The Morgan fingerprint density at radius 2 is 2.33 bits per heavy atom. The summed E-state index contributed by atoms with van der Waals surface area (Å²) in [4.78, 5) is 15.0. The molecule has 21 heavy (non-hydrogen) atoms. The van der Waals surface area contributed by atoms with Crippen LogP contribution in [0.4, 0.5) is 10.5 Å². The van der Waals surface area contributed by atoms with Gasteiger partial charge in [0.2, 0.25) is 0 Å². The van der Waals surface area contributed by atoms with Gasteiger partial charge in [0.1, 0.15) is 0 Å². The topological polar surface area (TPSA) is 52.6 Å². The fourth-order valence-electron chi connectivity index (χ4n) is 2.29. The molecule has 0 spiro atoms. The number of aliphatic hydroxyl groups excluding tert-OH is 1. The third-order valence-electron chi connectivity index (χ3n) is 3.80. The number of benzene rings is 1. The predicted octanol–water partition coefficient (Wildman–Crippen LogP) is 3.48. The number of nitrogens with zero attached hydrogens (tertiary/aromatic N) is 1. The number of urea groups is 1. The van der Waals surface area contributed by atoms with E-state index >= 15 is 0 Å². The molecule has 1 aliphatic heterocycles. The van der Waals surface area contributed by atoms with Gasteiger partial charge in [0.15, 0.2) is 0 Å². The molecule has 1 unspecified atom stereocenters. The van der Waals surface area contributed by atoms with Gasteiger partial charge in [0, 0.05) is 28.9 Å². The van der Waals surface area contributed by atoms with Crippen molar-refractivity contribution in [1.82, 2.24) is 4.90 Å². The molecule has 4 nitrogen and oxygen atoms in total. The largest absolute Gasteiger partial charge is 0.391 e. The van der Waals surface area contributed by atoms with Crippen LogP contribution in [0.1, 0.15) is 32.3 Å². The number of hydrogen-bond acceptors (Lipinski definition) is 3. The zero-order valence-electron chi connectivity index (χ0n) is 12.9. The standard InChI is InChI=1S/C16H24N2O2S/c1-4-12(3)21-14-5-6-15(11(2)9-14)17-16(20)18-8-7-13(19)10-18/h5-6,9,12-13,19H,4,7-8,10H2,1-3H3,(H,17,20)/t12?,13-/m0/s1. The Hall–Kier alpha value is -1.20. The van der Waals surface area contributed by atoms with Gasteiger partial charge in [-0.05, 0) is 43.5 Å². The molecule has 5 heteroatoms. The summed E-state index contributed by atoms with van der Waals surface area (Å²) in [6, 6.07) is 6.01. The van der Waals surface area contributed by atoms with Gasteiger partial charge in [0.05, 0.1) is 6.10 Å². The summed E-state index contributed by atoms with van der Waals surface area (Å²) in [6.07, 6.45) is 1.42. The second kappa shape index (κ2) is 7.18. The van der Waals surface area contributed by atoms with Crippen LogP contribution in [0.25, 0.3) is 0 Å². The molecule has 1 aliphatic rings. The number of carbonyl (C=O) groups is 1. The molecule has 1 aromatic carbocycles. The van der Waals surface area contributed by atoms with Crippen LogP contribution in [-0.2, 0) is 0 Å². The van der Waals surface area contributed by atoms with E-state index in [1.54, 1.807) is 4.90 Å². The fourth-order valence-corrected chi connectivity index (χ4v) is 3.31. The van der Waals surface area contributed by atoms with E-state index in [1.165, 1.54) is 4.90 Å². The molecule has 2 N–H and O–H groups in total. The molecule has 1 aromatic rings. The second-order valence-corrected chi connectivity index (χ2v) is 7.14. The summed E-state index contributed by atoms with van der Waals surface area (Å²) in [5.74, 6) is 0. The Bertz CT molecular complexity index is 507. The van der Waals surface area contributed by atoms with Crippen LogP contribution in [0.15, 0.2) is 23.1 Å². The van der Waals surface area contributed by atoms with Gasteiger partial charge in [-0.1, -0.05) is 13.8 Å². The minimum Gasteiger partial charge on any atom is -0.391 e. The summed E-state index contributed by atoms with van der Waals surface area (Å²) in [5.41, 5.74) is 1.91. The Labute approximate surface area is 130 Å². The molecule has 116 valence electrons. The van der Waals surface area contributed by atoms with E-state index < -0.39 is 0 Å². The highest BCUT2D eigenvalue weighted by Crippen LogP contribution is 2.28. The monoisotopic (exact) mass is 308 g/mol. The van der Waals surface area contributed by atoms with Gasteiger partial charge in [0.25, 0.3) is 0 Å². The molecule has 0 radical (unpaired) electrons. The summed E-state index contributed by atoms with van der Waals surface area (Å²) in [6.45, 7) is 7.45. The predicted molar refractivity (Wildman–Crippen MR) is 88.0 cm³/mol. The van der Waals surface area contributed by atoms with E-state index in [1.807, 2.05) is 24.8 Å². The first-order valence-electron chi connectivity index (χ1n) is 7.51. The number of nitrogens with one attached hydrogen (secondary N) is 1. The highest BCUT2D eigenvalue weighted by Gasteiger charge is 2.24. The number of hydrogen-bond donors (Lipinski definition) is 2. The van der Waals surface area contributed by atoms with Crippen molar-refractivity contribution in [2.24, 2.45) is 0 Å². The maximum absolute atomic E-state index is 12.1. The van der Waals surface area contributed by atoms with E-state index in [4.69, 9.17) is 0 Å². The highest BCUT2D eigenvalue weighted by atomic mass is 32.2. The van der Waals surface area contributed by atoms with Gasteiger partial charge < -0.3 is 15.3 Å². The Kier molecular flexibility index (Phi) is 5.53. The molecule has 2 atom stereocenters. The summed E-state index contributed by atoms with van der Waals surface area (Å²) in [5, 5.41) is 13.0. The molecule has 0 bridgehead atoms. The van der Waals surface area contributed by atoms with Crippen LogP contribution in [0.3, 0.4) is 0 Å². The number of amides is 2. The average Bonchev–Trinajstić information content (AvgIpc) is 2.88. The van der Waals surface area contributed by atoms with E-state index in [0.29, 0.717) is 24.8 Å². The Morgan fingerprint density at radius 1 is 1.57 bits per heavy atom. The van der Waals surface area contributed by atoms with E-state index in [2.05, 4.69) is 31.3 Å². The average molecular weight is 308 g/mol. The quantitative estimate of drug-likeness (QED) is 0.837. The molecule has 0 aromatic heterocycles. The number of β-amino-alcohol motifs (C(OH)–C–C–N with tert-alkyl or cyclic N) is 1. The molecular formula is C16H24N2O2S. The van der Waals surface area contributed by atoms with Crippen LogP contribution in [0, 0.1) is 6.92 Å². The highest BCUT2D eigenvalue weighted by molar-refractivity contribution is 7.99. The van der Waals surface area contributed by atoms with Crippen molar-refractivity contribution in [3.05, 3.63) is 23.8 Å². The number of aliphatic hydroxyl groups is 1. The molecular weight excluding hydrogens is 284 g/mol. The normalized spacial score (nSPS) is 19.6. The van der Waals surface area contributed by atoms with Crippen molar-refractivity contribution in [2.45, 2.75) is 49.9 Å². The maximum Gasteiger partial charge on any atom is 0.321 e. The summed E-state index contributed by atoms with van der Waals surface area (Å²) in [7, 11) is 0.